The summed E-state index contributed by atoms with van der Waals surface area (Å²) in [5.41, 5.74) is 3.67. The summed E-state index contributed by atoms with van der Waals surface area (Å²) in [6, 6.07) is 0.481. The number of aryl methyl sites for hydroxylation is 2. The van der Waals surface area contributed by atoms with Crippen molar-refractivity contribution in [2.45, 2.75) is 31.8 Å². The van der Waals surface area contributed by atoms with Gasteiger partial charge in [-0.3, -0.25) is 0 Å². The van der Waals surface area contributed by atoms with Gasteiger partial charge in [0.05, 0.1) is 9.99 Å². The number of hydrogen-bond acceptors (Lipinski definition) is 3. The molecule has 0 spiro atoms. The second-order valence-electron chi connectivity index (χ2n) is 5.64. The van der Waals surface area contributed by atoms with Crippen LogP contribution >= 0.6 is 47.8 Å². The van der Waals surface area contributed by atoms with E-state index in [4.69, 9.17) is 4.98 Å². The first kappa shape index (κ1) is 14.5. The third-order valence-corrected chi connectivity index (χ3v) is 7.82. The molecule has 1 unspecified atom stereocenters. The molecule has 4 nitrogen and oxygen atoms in total. The summed E-state index contributed by atoms with van der Waals surface area (Å²) in [6.07, 6.45) is 3.41. The minimum absolute atomic E-state index is 0.481. The summed E-state index contributed by atoms with van der Waals surface area (Å²) in [5, 5.41) is 7.01. The topological polar surface area (TPSA) is 41.9 Å². The number of hydrogen-bond donors (Lipinski definition) is 2. The van der Waals surface area contributed by atoms with E-state index in [1.54, 1.807) is 0 Å². The fraction of sp³-hybridized carbons (Fsp3) is 0.500. The largest absolute Gasteiger partial charge is 0.352 e. The molecule has 1 saturated heterocycles. The van der Waals surface area contributed by atoms with Crippen molar-refractivity contribution in [2.24, 2.45) is 0 Å². The van der Waals surface area contributed by atoms with Gasteiger partial charge in [-0.25, -0.2) is 4.98 Å². The quantitative estimate of drug-likeness (QED) is 0.640. The van der Waals surface area contributed by atoms with Crippen molar-refractivity contribution in [1.82, 2.24) is 14.9 Å². The lowest BCUT2D eigenvalue weighted by Crippen LogP contribution is -2.24. The Bertz CT molecular complexity index is 719. The summed E-state index contributed by atoms with van der Waals surface area (Å²) >= 11 is 11.1. The predicted octanol–water partition coefficient (Wildman–Crippen LogP) is 4.04. The number of aromatic nitrogens is 2. The number of benzene rings is 1. The van der Waals surface area contributed by atoms with E-state index in [1.807, 2.05) is 0 Å². The van der Waals surface area contributed by atoms with Gasteiger partial charge in [-0.05, 0) is 79.2 Å². The molecule has 1 atom stereocenters. The first-order chi connectivity index (χ1) is 10.2. The van der Waals surface area contributed by atoms with Gasteiger partial charge in [0.1, 0.15) is 5.52 Å². The molecule has 112 valence electrons. The maximum Gasteiger partial charge on any atom is 0.204 e. The summed E-state index contributed by atoms with van der Waals surface area (Å²) in [6.45, 7) is 3.14. The van der Waals surface area contributed by atoms with E-state index in [-0.39, 0.29) is 0 Å². The molecule has 0 bridgehead atoms. The maximum atomic E-state index is 4.88. The van der Waals surface area contributed by atoms with E-state index in [1.165, 1.54) is 11.1 Å². The lowest BCUT2D eigenvalue weighted by molar-refractivity contribution is 0.627. The van der Waals surface area contributed by atoms with Gasteiger partial charge >= 0.3 is 0 Å². The van der Waals surface area contributed by atoms with Crippen LogP contribution in [0.3, 0.4) is 0 Å². The Balaban J connectivity index is 1.90. The highest BCUT2D eigenvalue weighted by Gasteiger charge is 2.26. The standard InChI is InChI=1S/C14H15Br3N4/c15-9-8-2-1-5-21-13(8)12(11(17)10(9)16)20-14(21)19-7-3-4-18-6-7/h7,18H,1-6H2,(H,19,20). The van der Waals surface area contributed by atoms with Crippen LogP contribution in [0.4, 0.5) is 5.95 Å². The molecular formula is C14H15Br3N4. The SMILES string of the molecule is Brc1c(Br)c2c3c(nc(NC4CCNC4)n3CCC2)c1Br. The first-order valence-electron chi connectivity index (χ1n) is 7.19. The van der Waals surface area contributed by atoms with Crippen LogP contribution in [0.2, 0.25) is 0 Å². The monoisotopic (exact) mass is 476 g/mol. The molecule has 21 heavy (non-hydrogen) atoms. The van der Waals surface area contributed by atoms with Crippen molar-refractivity contribution in [2.75, 3.05) is 18.4 Å². The van der Waals surface area contributed by atoms with Crippen molar-refractivity contribution in [3.8, 4) is 0 Å². The molecule has 0 aliphatic carbocycles. The van der Waals surface area contributed by atoms with Crippen LogP contribution in [0.25, 0.3) is 11.0 Å². The van der Waals surface area contributed by atoms with Gasteiger partial charge in [0.15, 0.2) is 0 Å². The Morgan fingerprint density at radius 2 is 2.05 bits per heavy atom. The molecule has 1 aromatic carbocycles. The maximum absolute atomic E-state index is 4.88. The van der Waals surface area contributed by atoms with Crippen molar-refractivity contribution in [3.05, 3.63) is 19.0 Å². The summed E-state index contributed by atoms with van der Waals surface area (Å²) in [7, 11) is 0. The Labute approximate surface area is 148 Å². The molecule has 0 radical (unpaired) electrons. The summed E-state index contributed by atoms with van der Waals surface area (Å²) in [5.74, 6) is 1.00. The number of nitrogens with zero attached hydrogens (tertiary/aromatic N) is 2. The number of imidazole rings is 1. The molecule has 1 aromatic heterocycles. The average Bonchev–Trinajstić information content (AvgIpc) is 3.12. The summed E-state index contributed by atoms with van der Waals surface area (Å²) in [4.78, 5) is 4.88. The van der Waals surface area contributed by atoms with Gasteiger partial charge in [0.2, 0.25) is 5.95 Å². The van der Waals surface area contributed by atoms with Crippen LogP contribution in [0, 0.1) is 0 Å². The highest BCUT2D eigenvalue weighted by atomic mass is 79.9. The van der Waals surface area contributed by atoms with Crippen molar-refractivity contribution in [3.63, 3.8) is 0 Å². The number of rotatable bonds is 2. The van der Waals surface area contributed by atoms with Gasteiger partial charge in [-0.15, -0.1) is 0 Å². The van der Waals surface area contributed by atoms with E-state index < -0.39 is 0 Å². The lowest BCUT2D eigenvalue weighted by Gasteiger charge is -2.20. The molecular weight excluding hydrogens is 464 g/mol. The fourth-order valence-electron chi connectivity index (χ4n) is 3.28. The second kappa shape index (κ2) is 5.51. The first-order valence-corrected chi connectivity index (χ1v) is 9.57. The zero-order valence-corrected chi connectivity index (χ0v) is 16.1. The molecule has 2 aliphatic heterocycles. The van der Waals surface area contributed by atoms with Gasteiger partial charge < -0.3 is 15.2 Å². The van der Waals surface area contributed by atoms with E-state index in [0.717, 1.165) is 63.8 Å². The summed E-state index contributed by atoms with van der Waals surface area (Å²) < 4.78 is 5.58. The van der Waals surface area contributed by atoms with Gasteiger partial charge in [0.25, 0.3) is 0 Å². The van der Waals surface area contributed by atoms with E-state index >= 15 is 0 Å². The zero-order chi connectivity index (χ0) is 14.6. The normalized spacial score (nSPS) is 21.2. The molecule has 2 aromatic rings. The molecule has 1 fully saturated rings. The Morgan fingerprint density at radius 3 is 2.81 bits per heavy atom. The van der Waals surface area contributed by atoms with Gasteiger partial charge in [-0.1, -0.05) is 0 Å². The third kappa shape index (κ3) is 2.28. The highest BCUT2D eigenvalue weighted by molar-refractivity contribution is 9.14. The van der Waals surface area contributed by atoms with Crippen LogP contribution < -0.4 is 10.6 Å². The predicted molar refractivity (Wildman–Crippen MR) is 96.1 cm³/mol. The second-order valence-corrected chi connectivity index (χ2v) is 8.02. The highest BCUT2D eigenvalue weighted by Crippen LogP contribution is 2.43. The van der Waals surface area contributed by atoms with Crippen molar-refractivity contribution in [1.29, 1.82) is 0 Å². The lowest BCUT2D eigenvalue weighted by atomic mass is 10.0. The molecule has 3 heterocycles. The molecule has 2 aliphatic rings. The Morgan fingerprint density at radius 1 is 1.19 bits per heavy atom. The van der Waals surface area contributed by atoms with Crippen LogP contribution in [0.1, 0.15) is 18.4 Å². The number of anilines is 1. The zero-order valence-electron chi connectivity index (χ0n) is 11.3. The van der Waals surface area contributed by atoms with Crippen LogP contribution in [0.15, 0.2) is 13.4 Å². The Hall–Kier alpha value is -0.110. The van der Waals surface area contributed by atoms with Gasteiger partial charge in [-0.2, -0.15) is 0 Å². The van der Waals surface area contributed by atoms with Crippen molar-refractivity contribution >= 4 is 64.8 Å². The van der Waals surface area contributed by atoms with Crippen LogP contribution in [-0.2, 0) is 13.0 Å². The fourth-order valence-corrected chi connectivity index (χ4v) is 5.03. The average molecular weight is 479 g/mol. The molecule has 2 N–H and O–H groups in total. The minimum Gasteiger partial charge on any atom is -0.352 e. The number of nitrogens with one attached hydrogen (secondary N) is 2. The molecule has 7 heteroatoms. The molecule has 4 rings (SSSR count). The van der Waals surface area contributed by atoms with E-state index in [0.29, 0.717) is 6.04 Å². The van der Waals surface area contributed by atoms with E-state index in [9.17, 15) is 0 Å². The Kier molecular flexibility index (Phi) is 3.80. The van der Waals surface area contributed by atoms with E-state index in [2.05, 4.69) is 63.0 Å². The smallest absolute Gasteiger partial charge is 0.204 e. The van der Waals surface area contributed by atoms with Crippen LogP contribution in [-0.4, -0.2) is 28.7 Å². The molecule has 0 amide bonds. The van der Waals surface area contributed by atoms with Gasteiger partial charge in [0, 0.05) is 28.1 Å². The van der Waals surface area contributed by atoms with Crippen molar-refractivity contribution < 1.29 is 0 Å². The number of halogens is 3. The van der Waals surface area contributed by atoms with Crippen LogP contribution in [0.5, 0.6) is 0 Å². The third-order valence-electron chi connectivity index (χ3n) is 4.31. The minimum atomic E-state index is 0.481. The molecule has 0 saturated carbocycles.